The molecule has 5 nitrogen and oxygen atoms in total. The average molecular weight is 434 g/mol. The summed E-state index contributed by atoms with van der Waals surface area (Å²) < 4.78 is 0. The Labute approximate surface area is 186 Å². The number of aromatic nitrogens is 1. The summed E-state index contributed by atoms with van der Waals surface area (Å²) in [7, 11) is 0. The summed E-state index contributed by atoms with van der Waals surface area (Å²) in [5, 5.41) is 4.99. The van der Waals surface area contributed by atoms with Crippen LogP contribution in [0.5, 0.6) is 0 Å². The Morgan fingerprint density at radius 2 is 2.23 bits per heavy atom. The molecule has 0 aromatic carbocycles. The van der Waals surface area contributed by atoms with Crippen molar-refractivity contribution in [2.75, 3.05) is 6.54 Å². The van der Waals surface area contributed by atoms with Crippen LogP contribution in [0.15, 0.2) is 41.9 Å². The standard InChI is InChI=1S/C25H27N3O2S/c1-16-23(14-27-24(29)7-6-20-3-2-10-31-20)21-8-9-28(15-19(21)13-26-16)25(30)22-12-17-4-5-18(22)11-17/h2-7,10,13,17-18,22H,8-9,11-12,14-15H2,1H3,(H,27,29)/b7-6+/t17-,18+,22-/m1/s1. The van der Waals surface area contributed by atoms with Gasteiger partial charge in [-0.15, -0.1) is 11.3 Å². The predicted molar refractivity (Wildman–Crippen MR) is 122 cm³/mol. The molecule has 2 aromatic rings. The number of hydrogen-bond donors (Lipinski definition) is 1. The molecule has 0 spiro atoms. The quantitative estimate of drug-likeness (QED) is 0.575. The van der Waals surface area contributed by atoms with Crippen molar-refractivity contribution in [2.45, 2.75) is 39.3 Å². The normalized spacial score (nSPS) is 24.0. The molecule has 160 valence electrons. The number of nitrogens with one attached hydrogen (secondary N) is 1. The van der Waals surface area contributed by atoms with E-state index in [0.717, 1.165) is 47.5 Å². The van der Waals surface area contributed by atoms with Gasteiger partial charge in [0.05, 0.1) is 0 Å². The lowest BCUT2D eigenvalue weighted by Gasteiger charge is -2.33. The number of fused-ring (bicyclic) bond motifs is 3. The summed E-state index contributed by atoms with van der Waals surface area (Å²) >= 11 is 1.60. The molecular formula is C25H27N3O2S. The van der Waals surface area contributed by atoms with Gasteiger partial charge in [-0.05, 0) is 72.2 Å². The second kappa shape index (κ2) is 8.42. The maximum absolute atomic E-state index is 13.1. The second-order valence-electron chi connectivity index (χ2n) is 8.79. The molecule has 1 aliphatic heterocycles. The fourth-order valence-corrected chi connectivity index (χ4v) is 5.84. The van der Waals surface area contributed by atoms with Crippen LogP contribution in [0.2, 0.25) is 0 Å². The third-order valence-corrected chi connectivity index (χ3v) is 7.72. The molecule has 3 atom stereocenters. The van der Waals surface area contributed by atoms with E-state index in [-0.39, 0.29) is 11.8 Å². The summed E-state index contributed by atoms with van der Waals surface area (Å²) in [4.78, 5) is 33.1. The number of carbonyl (C=O) groups excluding carboxylic acids is 2. The first kappa shape index (κ1) is 20.2. The Morgan fingerprint density at radius 3 is 2.97 bits per heavy atom. The minimum atomic E-state index is -0.109. The summed E-state index contributed by atoms with van der Waals surface area (Å²) in [5.41, 5.74) is 4.39. The van der Waals surface area contributed by atoms with E-state index in [0.29, 0.717) is 30.8 Å². The fraction of sp³-hybridized carbons (Fsp3) is 0.400. The van der Waals surface area contributed by atoms with Gasteiger partial charge in [-0.3, -0.25) is 14.6 Å². The van der Waals surface area contributed by atoms with Crippen LogP contribution in [-0.4, -0.2) is 28.2 Å². The van der Waals surface area contributed by atoms with Crippen molar-refractivity contribution in [2.24, 2.45) is 17.8 Å². The van der Waals surface area contributed by atoms with Gasteiger partial charge in [0.15, 0.2) is 0 Å². The lowest BCUT2D eigenvalue weighted by atomic mass is 9.90. The van der Waals surface area contributed by atoms with Gasteiger partial charge in [-0.2, -0.15) is 0 Å². The van der Waals surface area contributed by atoms with Crippen molar-refractivity contribution >= 4 is 29.2 Å². The predicted octanol–water partition coefficient (Wildman–Crippen LogP) is 3.88. The van der Waals surface area contributed by atoms with E-state index in [1.165, 1.54) is 5.56 Å². The first-order valence-corrected chi connectivity index (χ1v) is 11.9. The van der Waals surface area contributed by atoms with Crippen LogP contribution in [-0.2, 0) is 29.1 Å². The lowest BCUT2D eigenvalue weighted by Crippen LogP contribution is -2.41. The van der Waals surface area contributed by atoms with Crippen molar-refractivity contribution in [3.8, 4) is 0 Å². The molecule has 6 heteroatoms. The summed E-state index contributed by atoms with van der Waals surface area (Å²) in [6.45, 7) is 3.81. The van der Waals surface area contributed by atoms with Crippen molar-refractivity contribution in [3.05, 3.63) is 69.2 Å². The number of amides is 2. The Morgan fingerprint density at radius 1 is 1.32 bits per heavy atom. The second-order valence-corrected chi connectivity index (χ2v) is 9.77. The number of aryl methyl sites for hydroxylation is 1. The Bertz CT molecular complexity index is 1060. The number of allylic oxidation sites excluding steroid dienone is 2. The molecule has 2 aromatic heterocycles. The van der Waals surface area contributed by atoms with Crippen LogP contribution in [0.25, 0.3) is 6.08 Å². The molecule has 1 saturated carbocycles. The zero-order valence-corrected chi connectivity index (χ0v) is 18.5. The van der Waals surface area contributed by atoms with Gasteiger partial charge < -0.3 is 10.2 Å². The third kappa shape index (κ3) is 4.09. The topological polar surface area (TPSA) is 62.3 Å². The molecule has 0 saturated heterocycles. The first-order valence-electron chi connectivity index (χ1n) is 11.0. The summed E-state index contributed by atoms with van der Waals surface area (Å²) in [6, 6.07) is 3.95. The smallest absolute Gasteiger partial charge is 0.244 e. The van der Waals surface area contributed by atoms with Crippen molar-refractivity contribution in [1.82, 2.24) is 15.2 Å². The van der Waals surface area contributed by atoms with Gasteiger partial charge >= 0.3 is 0 Å². The maximum atomic E-state index is 13.1. The molecule has 0 unspecified atom stereocenters. The number of rotatable bonds is 5. The molecule has 1 fully saturated rings. The van der Waals surface area contributed by atoms with E-state index in [4.69, 9.17) is 0 Å². The SMILES string of the molecule is Cc1ncc2c(c1CNC(=O)/C=C/c1cccs1)CCN(C(=O)[C@@H]1C[C@@H]3C=C[C@H]1C3)C2. The maximum Gasteiger partial charge on any atom is 0.244 e. The Balaban J connectivity index is 1.25. The zero-order valence-electron chi connectivity index (χ0n) is 17.7. The monoisotopic (exact) mass is 433 g/mol. The van der Waals surface area contributed by atoms with Gasteiger partial charge in [-0.25, -0.2) is 0 Å². The van der Waals surface area contributed by atoms with Crippen LogP contribution in [0.4, 0.5) is 0 Å². The van der Waals surface area contributed by atoms with Crippen molar-refractivity contribution in [3.63, 3.8) is 0 Å². The molecule has 31 heavy (non-hydrogen) atoms. The van der Waals surface area contributed by atoms with Gasteiger partial charge in [0.25, 0.3) is 0 Å². The van der Waals surface area contributed by atoms with E-state index in [1.807, 2.05) is 41.6 Å². The fourth-order valence-electron chi connectivity index (χ4n) is 5.22. The van der Waals surface area contributed by atoms with Crippen LogP contribution in [0.1, 0.15) is 40.1 Å². The molecule has 3 heterocycles. The van der Waals surface area contributed by atoms with Gasteiger partial charge in [0, 0.05) is 48.4 Å². The van der Waals surface area contributed by atoms with Crippen molar-refractivity contribution < 1.29 is 9.59 Å². The minimum Gasteiger partial charge on any atom is -0.348 e. The number of nitrogens with zero attached hydrogens (tertiary/aromatic N) is 2. The van der Waals surface area contributed by atoms with Gasteiger partial charge in [0.2, 0.25) is 11.8 Å². The lowest BCUT2D eigenvalue weighted by molar-refractivity contribution is -0.137. The van der Waals surface area contributed by atoms with E-state index >= 15 is 0 Å². The molecule has 1 N–H and O–H groups in total. The molecule has 2 bridgehead atoms. The van der Waals surface area contributed by atoms with Gasteiger partial charge in [-0.1, -0.05) is 18.2 Å². The summed E-state index contributed by atoms with van der Waals surface area (Å²) in [6.07, 6.45) is 12.8. The van der Waals surface area contributed by atoms with Gasteiger partial charge in [0.1, 0.15) is 0 Å². The highest BCUT2D eigenvalue weighted by atomic mass is 32.1. The molecule has 5 rings (SSSR count). The Kier molecular flexibility index (Phi) is 5.48. The highest BCUT2D eigenvalue weighted by Crippen LogP contribution is 2.44. The van der Waals surface area contributed by atoms with Crippen LogP contribution in [0.3, 0.4) is 0 Å². The van der Waals surface area contributed by atoms with E-state index in [2.05, 4.69) is 22.5 Å². The molecule has 3 aliphatic rings. The number of pyridine rings is 1. The zero-order chi connectivity index (χ0) is 21.4. The molecule has 2 aliphatic carbocycles. The van der Waals surface area contributed by atoms with Crippen LogP contribution in [0, 0.1) is 24.7 Å². The third-order valence-electron chi connectivity index (χ3n) is 6.88. The highest BCUT2D eigenvalue weighted by molar-refractivity contribution is 7.10. The van der Waals surface area contributed by atoms with Crippen molar-refractivity contribution in [1.29, 1.82) is 0 Å². The largest absolute Gasteiger partial charge is 0.348 e. The Hall–Kier alpha value is -2.73. The van der Waals surface area contributed by atoms with E-state index in [9.17, 15) is 9.59 Å². The van der Waals surface area contributed by atoms with Crippen LogP contribution < -0.4 is 5.32 Å². The van der Waals surface area contributed by atoms with E-state index < -0.39 is 0 Å². The number of carbonyl (C=O) groups is 2. The molecule has 2 amide bonds. The molecule has 0 radical (unpaired) electrons. The summed E-state index contributed by atoms with van der Waals surface area (Å²) in [5.74, 6) is 1.38. The number of hydrogen-bond acceptors (Lipinski definition) is 4. The number of thiophene rings is 1. The van der Waals surface area contributed by atoms with E-state index in [1.54, 1.807) is 17.4 Å². The first-order chi connectivity index (χ1) is 15.1. The minimum absolute atomic E-state index is 0.109. The highest BCUT2D eigenvalue weighted by Gasteiger charge is 2.42. The van der Waals surface area contributed by atoms with Crippen LogP contribution >= 0.6 is 11.3 Å². The molecular weight excluding hydrogens is 406 g/mol. The average Bonchev–Trinajstić information content (AvgIpc) is 3.55.